The minimum Gasteiger partial charge on any atom is -0.382 e. The summed E-state index contributed by atoms with van der Waals surface area (Å²) in [6, 6.07) is 0.532. The average Bonchev–Trinajstić information content (AvgIpc) is 2.22. The minimum atomic E-state index is 0.532. The number of hydrogen-bond donors (Lipinski definition) is 1. The fourth-order valence-corrected chi connectivity index (χ4v) is 2.78. The number of rotatable bonds is 6. The van der Waals surface area contributed by atoms with Gasteiger partial charge in [0.05, 0.1) is 26.4 Å². The summed E-state index contributed by atoms with van der Waals surface area (Å²) >= 11 is 1.82. The molecule has 1 fully saturated rings. The number of hydrogen-bond acceptors (Lipinski definition) is 4. The van der Waals surface area contributed by atoms with Crippen molar-refractivity contribution in [1.82, 2.24) is 5.32 Å². The van der Waals surface area contributed by atoms with Crippen LogP contribution in [0.25, 0.3) is 0 Å². The molecule has 1 rings (SSSR count). The molecule has 1 saturated heterocycles. The van der Waals surface area contributed by atoms with Gasteiger partial charge < -0.3 is 14.8 Å². The second kappa shape index (κ2) is 7.92. The van der Waals surface area contributed by atoms with Crippen LogP contribution in [-0.2, 0) is 9.47 Å². The molecular formula is C11H22N2O2S. The largest absolute Gasteiger partial charge is 0.382 e. The quantitative estimate of drug-likeness (QED) is 0.721. The van der Waals surface area contributed by atoms with Crippen molar-refractivity contribution in [2.75, 3.05) is 33.5 Å². The van der Waals surface area contributed by atoms with Crippen LogP contribution in [-0.4, -0.2) is 49.9 Å². The molecule has 0 spiro atoms. The Morgan fingerprint density at radius 1 is 1.38 bits per heavy atom. The number of nitrogens with one attached hydrogen (secondary N) is 1. The lowest BCUT2D eigenvalue weighted by molar-refractivity contribution is 0.0748. The van der Waals surface area contributed by atoms with Gasteiger partial charge in [-0.15, -0.1) is 0 Å². The van der Waals surface area contributed by atoms with Gasteiger partial charge in [0.1, 0.15) is 0 Å². The lowest BCUT2D eigenvalue weighted by Gasteiger charge is -2.26. The maximum Gasteiger partial charge on any atom is 0.157 e. The van der Waals surface area contributed by atoms with Crippen molar-refractivity contribution >= 4 is 16.9 Å². The smallest absolute Gasteiger partial charge is 0.157 e. The van der Waals surface area contributed by atoms with E-state index < -0.39 is 0 Å². The molecule has 0 aromatic heterocycles. The molecule has 0 saturated carbocycles. The molecule has 5 heteroatoms. The van der Waals surface area contributed by atoms with Crippen molar-refractivity contribution < 1.29 is 9.47 Å². The first-order valence-electron chi connectivity index (χ1n) is 5.76. The van der Waals surface area contributed by atoms with E-state index in [0.29, 0.717) is 31.1 Å². The highest BCUT2D eigenvalue weighted by atomic mass is 32.2. The van der Waals surface area contributed by atoms with Gasteiger partial charge in [0.2, 0.25) is 0 Å². The van der Waals surface area contributed by atoms with E-state index in [4.69, 9.17) is 9.47 Å². The van der Waals surface area contributed by atoms with Gasteiger partial charge in [-0.3, -0.25) is 4.99 Å². The summed E-state index contributed by atoms with van der Waals surface area (Å²) < 4.78 is 10.2. The highest BCUT2D eigenvalue weighted by Crippen LogP contribution is 2.21. The Labute approximate surface area is 102 Å². The topological polar surface area (TPSA) is 42.9 Å². The van der Waals surface area contributed by atoms with Crippen molar-refractivity contribution in [3.05, 3.63) is 0 Å². The molecule has 0 aromatic rings. The van der Waals surface area contributed by atoms with E-state index in [-0.39, 0.29) is 0 Å². The number of thioether (sulfide) groups is 1. The van der Waals surface area contributed by atoms with Gasteiger partial charge in [-0.25, -0.2) is 0 Å². The summed E-state index contributed by atoms with van der Waals surface area (Å²) in [4.78, 5) is 4.48. The van der Waals surface area contributed by atoms with E-state index in [2.05, 4.69) is 24.2 Å². The van der Waals surface area contributed by atoms with Gasteiger partial charge in [-0.1, -0.05) is 18.7 Å². The average molecular weight is 246 g/mol. The maximum atomic E-state index is 5.35. The zero-order valence-corrected chi connectivity index (χ0v) is 11.2. The molecule has 1 aliphatic rings. The molecule has 0 bridgehead atoms. The summed E-state index contributed by atoms with van der Waals surface area (Å²) in [6.45, 7) is 7.12. The third-order valence-electron chi connectivity index (χ3n) is 2.29. The number of amidine groups is 1. The van der Waals surface area contributed by atoms with E-state index in [9.17, 15) is 0 Å². The Morgan fingerprint density at radius 2 is 2.19 bits per heavy atom. The molecule has 2 atom stereocenters. The van der Waals surface area contributed by atoms with Crippen molar-refractivity contribution in [2.24, 2.45) is 4.99 Å². The van der Waals surface area contributed by atoms with E-state index in [1.165, 1.54) is 6.42 Å². The zero-order valence-electron chi connectivity index (χ0n) is 10.4. The molecule has 16 heavy (non-hydrogen) atoms. The Hall–Kier alpha value is -0.260. The predicted octanol–water partition coefficient (Wildman–Crippen LogP) is 1.51. The van der Waals surface area contributed by atoms with E-state index in [0.717, 1.165) is 11.7 Å². The second-order valence-electron chi connectivity index (χ2n) is 4.00. The van der Waals surface area contributed by atoms with Crippen LogP contribution in [0.2, 0.25) is 0 Å². The lowest BCUT2D eigenvalue weighted by atomic mass is 10.2. The lowest BCUT2D eigenvalue weighted by Crippen LogP contribution is -2.38. The molecule has 1 heterocycles. The highest BCUT2D eigenvalue weighted by molar-refractivity contribution is 8.14. The maximum absolute atomic E-state index is 5.35. The van der Waals surface area contributed by atoms with Crippen LogP contribution in [0.15, 0.2) is 4.99 Å². The van der Waals surface area contributed by atoms with Crippen LogP contribution in [0, 0.1) is 0 Å². The van der Waals surface area contributed by atoms with Crippen molar-refractivity contribution in [3.63, 3.8) is 0 Å². The molecule has 1 N–H and O–H groups in total. The monoisotopic (exact) mass is 246 g/mol. The summed E-state index contributed by atoms with van der Waals surface area (Å²) in [5.74, 6) is 0. The molecule has 2 unspecified atom stereocenters. The summed E-state index contributed by atoms with van der Waals surface area (Å²) in [5, 5.41) is 5.10. The van der Waals surface area contributed by atoms with Gasteiger partial charge in [0.15, 0.2) is 5.17 Å². The van der Waals surface area contributed by atoms with Crippen LogP contribution >= 0.6 is 11.8 Å². The van der Waals surface area contributed by atoms with Crippen LogP contribution < -0.4 is 5.32 Å². The summed E-state index contributed by atoms with van der Waals surface area (Å²) in [7, 11) is 1.68. The molecule has 0 aliphatic carbocycles. The van der Waals surface area contributed by atoms with Crippen LogP contribution in [0.4, 0.5) is 0 Å². The molecule has 0 radical (unpaired) electrons. The Morgan fingerprint density at radius 3 is 2.88 bits per heavy atom. The number of aliphatic imine (C=N–C) groups is 1. The SMILES string of the molecule is COCCOCCN=C1NC(C)CC(C)S1. The summed E-state index contributed by atoms with van der Waals surface area (Å²) in [6.07, 6.45) is 1.20. The molecule has 0 amide bonds. The Kier molecular flexibility index (Phi) is 6.84. The first-order valence-corrected chi connectivity index (χ1v) is 6.64. The molecule has 94 valence electrons. The highest BCUT2D eigenvalue weighted by Gasteiger charge is 2.19. The Balaban J connectivity index is 2.13. The van der Waals surface area contributed by atoms with Crippen molar-refractivity contribution in [3.8, 4) is 0 Å². The van der Waals surface area contributed by atoms with Crippen molar-refractivity contribution in [1.29, 1.82) is 0 Å². The zero-order chi connectivity index (χ0) is 11.8. The molecule has 0 aromatic carbocycles. The Bertz CT molecular complexity index is 212. The number of nitrogens with zero attached hydrogens (tertiary/aromatic N) is 1. The van der Waals surface area contributed by atoms with Crippen LogP contribution in [0.3, 0.4) is 0 Å². The summed E-state index contributed by atoms with van der Waals surface area (Å²) in [5.41, 5.74) is 0. The fourth-order valence-electron chi connectivity index (χ4n) is 1.58. The first-order chi connectivity index (χ1) is 7.72. The standard InChI is InChI=1S/C11H22N2O2S/c1-9-8-10(2)16-11(13-9)12-4-5-15-7-6-14-3/h9-10H,4-8H2,1-3H3,(H,12,13). The molecule has 4 nitrogen and oxygen atoms in total. The van der Waals surface area contributed by atoms with Gasteiger partial charge in [0.25, 0.3) is 0 Å². The fraction of sp³-hybridized carbons (Fsp3) is 0.909. The minimum absolute atomic E-state index is 0.532. The van der Waals surface area contributed by atoms with Gasteiger partial charge in [0, 0.05) is 18.4 Å². The van der Waals surface area contributed by atoms with Crippen molar-refractivity contribution in [2.45, 2.75) is 31.6 Å². The first kappa shape index (κ1) is 13.8. The normalized spacial score (nSPS) is 28.1. The van der Waals surface area contributed by atoms with Gasteiger partial charge in [-0.2, -0.15) is 0 Å². The van der Waals surface area contributed by atoms with Crippen LogP contribution in [0.5, 0.6) is 0 Å². The third kappa shape index (κ3) is 5.72. The molecular weight excluding hydrogens is 224 g/mol. The predicted molar refractivity (Wildman–Crippen MR) is 69.3 cm³/mol. The van der Waals surface area contributed by atoms with Crippen LogP contribution in [0.1, 0.15) is 20.3 Å². The van der Waals surface area contributed by atoms with Gasteiger partial charge in [-0.05, 0) is 13.3 Å². The van der Waals surface area contributed by atoms with Gasteiger partial charge >= 0.3 is 0 Å². The van der Waals surface area contributed by atoms with E-state index in [1.807, 2.05) is 11.8 Å². The second-order valence-corrected chi connectivity index (χ2v) is 5.43. The van der Waals surface area contributed by atoms with E-state index >= 15 is 0 Å². The number of ether oxygens (including phenoxy) is 2. The number of methoxy groups -OCH3 is 1. The van der Waals surface area contributed by atoms with E-state index in [1.54, 1.807) is 7.11 Å². The third-order valence-corrected chi connectivity index (χ3v) is 3.36. The molecule has 1 aliphatic heterocycles.